The van der Waals surface area contributed by atoms with Crippen LogP contribution >= 0.6 is 11.6 Å². The van der Waals surface area contributed by atoms with Crippen LogP contribution in [-0.4, -0.2) is 14.8 Å². The number of aromatic nitrogens is 3. The molecule has 6 heteroatoms. The van der Waals surface area contributed by atoms with Gasteiger partial charge in [-0.15, -0.1) is 16.7 Å². The molecule has 90 valence electrons. The highest BCUT2D eigenvalue weighted by atomic mass is 35.5. The average Bonchev–Trinajstić information content (AvgIpc) is 2.72. The van der Waals surface area contributed by atoms with Crippen molar-refractivity contribution in [3.8, 4) is 11.4 Å². The molecule has 2 aromatic rings. The fourth-order valence-corrected chi connectivity index (χ4v) is 1.67. The fourth-order valence-electron chi connectivity index (χ4n) is 1.49. The van der Waals surface area contributed by atoms with Crippen molar-refractivity contribution >= 4 is 11.6 Å². The van der Waals surface area contributed by atoms with E-state index >= 15 is 0 Å². The summed E-state index contributed by atoms with van der Waals surface area (Å²) in [7, 11) is 1.59. The van der Waals surface area contributed by atoms with Crippen LogP contribution in [0.3, 0.4) is 0 Å². The van der Waals surface area contributed by atoms with Crippen molar-refractivity contribution in [2.24, 2.45) is 7.05 Å². The Morgan fingerprint density at radius 1 is 1.29 bits per heavy atom. The third-order valence-corrected chi connectivity index (χ3v) is 2.65. The summed E-state index contributed by atoms with van der Waals surface area (Å²) in [6.07, 6.45) is -2.66. The molecule has 0 atom stereocenters. The Morgan fingerprint density at radius 2 is 1.94 bits per heavy atom. The zero-order chi connectivity index (χ0) is 12.4. The molecular weight excluding hydrogens is 248 g/mol. The molecule has 2 rings (SSSR count). The quantitative estimate of drug-likeness (QED) is 0.791. The minimum atomic E-state index is -2.66. The zero-order valence-corrected chi connectivity index (χ0v) is 9.83. The summed E-state index contributed by atoms with van der Waals surface area (Å²) in [5, 5.41) is 3.66. The number of hydrogen-bond acceptors (Lipinski definition) is 2. The Hall–Kier alpha value is -1.49. The molecule has 0 saturated heterocycles. The van der Waals surface area contributed by atoms with Gasteiger partial charge in [-0.1, -0.05) is 24.3 Å². The highest BCUT2D eigenvalue weighted by Crippen LogP contribution is 2.21. The third kappa shape index (κ3) is 2.44. The molecule has 0 aliphatic heterocycles. The number of aryl methyl sites for hydroxylation is 1. The van der Waals surface area contributed by atoms with Crippen LogP contribution in [0.15, 0.2) is 24.3 Å². The second-order valence-corrected chi connectivity index (χ2v) is 3.82. The van der Waals surface area contributed by atoms with Crippen LogP contribution in [0, 0.1) is 0 Å². The van der Waals surface area contributed by atoms with Crippen molar-refractivity contribution in [3.63, 3.8) is 0 Å². The van der Waals surface area contributed by atoms with Gasteiger partial charge in [-0.3, -0.25) is 0 Å². The number of benzene rings is 1. The van der Waals surface area contributed by atoms with E-state index in [-0.39, 0.29) is 0 Å². The Kier molecular flexibility index (Phi) is 3.38. The molecule has 1 aromatic carbocycles. The van der Waals surface area contributed by atoms with Gasteiger partial charge in [0.05, 0.1) is 0 Å². The first-order valence-electron chi connectivity index (χ1n) is 4.96. The molecule has 3 nitrogen and oxygen atoms in total. The summed E-state index contributed by atoms with van der Waals surface area (Å²) >= 11 is 5.67. The maximum Gasteiger partial charge on any atom is 0.299 e. The molecule has 1 aromatic heterocycles. The number of halogens is 3. The van der Waals surface area contributed by atoms with Gasteiger partial charge >= 0.3 is 0 Å². The van der Waals surface area contributed by atoms with Crippen LogP contribution < -0.4 is 0 Å². The van der Waals surface area contributed by atoms with Gasteiger partial charge < -0.3 is 0 Å². The van der Waals surface area contributed by atoms with Crippen LogP contribution in [0.1, 0.15) is 17.8 Å². The average molecular weight is 258 g/mol. The van der Waals surface area contributed by atoms with Gasteiger partial charge in [-0.25, -0.2) is 18.4 Å². The SMILES string of the molecule is Cn1nc(C(F)F)nc1-c1ccc(CCl)cc1. The van der Waals surface area contributed by atoms with Gasteiger partial charge in [0.1, 0.15) is 0 Å². The normalized spacial score (nSPS) is 11.1. The van der Waals surface area contributed by atoms with E-state index in [9.17, 15) is 8.78 Å². The molecule has 0 amide bonds. The topological polar surface area (TPSA) is 30.7 Å². The van der Waals surface area contributed by atoms with Gasteiger partial charge in [0.15, 0.2) is 5.82 Å². The Labute approximate surface area is 102 Å². The summed E-state index contributed by atoms with van der Waals surface area (Å²) in [4.78, 5) is 3.80. The van der Waals surface area contributed by atoms with Crippen LogP contribution in [0.25, 0.3) is 11.4 Å². The molecule has 0 aliphatic carbocycles. The largest absolute Gasteiger partial charge is 0.299 e. The Balaban J connectivity index is 2.38. The minimum absolute atomic E-state index is 0.418. The standard InChI is InChI=1S/C11H10ClF2N3/c1-17-11(15-10(16-17)9(13)14)8-4-2-7(6-12)3-5-8/h2-5,9H,6H2,1H3. The van der Waals surface area contributed by atoms with Gasteiger partial charge in [0.25, 0.3) is 6.43 Å². The lowest BCUT2D eigenvalue weighted by Crippen LogP contribution is -1.95. The summed E-state index contributed by atoms with van der Waals surface area (Å²) in [5.74, 6) is 0.381. The molecule has 1 heterocycles. The molecular formula is C11H10ClF2N3. The lowest BCUT2D eigenvalue weighted by molar-refractivity contribution is 0.140. The molecule has 0 saturated carbocycles. The molecule has 0 aliphatic rings. The van der Waals surface area contributed by atoms with E-state index < -0.39 is 12.2 Å². The number of hydrogen-bond donors (Lipinski definition) is 0. The van der Waals surface area contributed by atoms with E-state index in [2.05, 4.69) is 10.1 Å². The zero-order valence-electron chi connectivity index (χ0n) is 9.07. The first-order valence-corrected chi connectivity index (χ1v) is 5.49. The Morgan fingerprint density at radius 3 is 2.41 bits per heavy atom. The first-order chi connectivity index (χ1) is 8.11. The highest BCUT2D eigenvalue weighted by molar-refractivity contribution is 6.17. The van der Waals surface area contributed by atoms with Gasteiger partial charge in [0, 0.05) is 18.5 Å². The van der Waals surface area contributed by atoms with E-state index in [4.69, 9.17) is 11.6 Å². The van der Waals surface area contributed by atoms with E-state index in [1.54, 1.807) is 19.2 Å². The number of alkyl halides is 3. The van der Waals surface area contributed by atoms with E-state index in [0.717, 1.165) is 11.1 Å². The first kappa shape index (κ1) is 12.0. The molecule has 0 radical (unpaired) electrons. The lowest BCUT2D eigenvalue weighted by atomic mass is 10.1. The second-order valence-electron chi connectivity index (χ2n) is 3.55. The maximum atomic E-state index is 12.4. The fraction of sp³-hybridized carbons (Fsp3) is 0.273. The highest BCUT2D eigenvalue weighted by Gasteiger charge is 2.16. The smallest absolute Gasteiger partial charge is 0.248 e. The van der Waals surface area contributed by atoms with Crippen LogP contribution in [0.4, 0.5) is 8.78 Å². The van der Waals surface area contributed by atoms with Gasteiger partial charge in [-0.2, -0.15) is 0 Å². The molecule has 17 heavy (non-hydrogen) atoms. The van der Waals surface area contributed by atoms with Gasteiger partial charge in [-0.05, 0) is 5.56 Å². The molecule has 0 unspecified atom stereocenters. The minimum Gasteiger partial charge on any atom is -0.248 e. The summed E-state index contributed by atoms with van der Waals surface area (Å²) in [6, 6.07) is 7.24. The van der Waals surface area contributed by atoms with Crippen molar-refractivity contribution in [2.45, 2.75) is 12.3 Å². The monoisotopic (exact) mass is 257 g/mol. The van der Waals surface area contributed by atoms with Gasteiger partial charge in [0.2, 0.25) is 5.82 Å². The van der Waals surface area contributed by atoms with Crippen molar-refractivity contribution in [1.29, 1.82) is 0 Å². The lowest BCUT2D eigenvalue weighted by Gasteiger charge is -2.00. The predicted octanol–water partition coefficient (Wildman–Crippen LogP) is 3.16. The molecule has 0 N–H and O–H groups in total. The second kappa shape index (κ2) is 4.79. The van der Waals surface area contributed by atoms with Crippen molar-refractivity contribution < 1.29 is 8.78 Å². The van der Waals surface area contributed by atoms with E-state index in [1.807, 2.05) is 12.1 Å². The van der Waals surface area contributed by atoms with Crippen molar-refractivity contribution in [1.82, 2.24) is 14.8 Å². The molecule has 0 bridgehead atoms. The summed E-state index contributed by atoms with van der Waals surface area (Å²) in [6.45, 7) is 0. The van der Waals surface area contributed by atoms with Crippen LogP contribution in [-0.2, 0) is 12.9 Å². The molecule has 0 fully saturated rings. The predicted molar refractivity (Wildman–Crippen MR) is 61.0 cm³/mol. The number of nitrogens with zero attached hydrogens (tertiary/aromatic N) is 3. The summed E-state index contributed by atoms with van der Waals surface area (Å²) < 4.78 is 26.2. The number of rotatable bonds is 3. The van der Waals surface area contributed by atoms with Crippen molar-refractivity contribution in [3.05, 3.63) is 35.7 Å². The third-order valence-electron chi connectivity index (χ3n) is 2.34. The van der Waals surface area contributed by atoms with E-state index in [1.165, 1.54) is 4.68 Å². The van der Waals surface area contributed by atoms with Crippen LogP contribution in [0.5, 0.6) is 0 Å². The molecule has 0 spiro atoms. The Bertz CT molecular complexity index is 508. The summed E-state index contributed by atoms with van der Waals surface area (Å²) in [5.41, 5.74) is 1.70. The van der Waals surface area contributed by atoms with Crippen molar-refractivity contribution in [2.75, 3.05) is 0 Å². The van der Waals surface area contributed by atoms with E-state index in [0.29, 0.717) is 11.7 Å². The van der Waals surface area contributed by atoms with Crippen LogP contribution in [0.2, 0.25) is 0 Å². The maximum absolute atomic E-state index is 12.4.